The third-order valence-corrected chi connectivity index (χ3v) is 6.17. The van der Waals surface area contributed by atoms with Crippen molar-refractivity contribution in [3.05, 3.63) is 0 Å². The van der Waals surface area contributed by atoms with Crippen LogP contribution in [0, 0.1) is 0 Å². The van der Waals surface area contributed by atoms with Crippen LogP contribution in [0.3, 0.4) is 0 Å². The summed E-state index contributed by atoms with van der Waals surface area (Å²) >= 11 is 0. The zero-order valence-corrected chi connectivity index (χ0v) is 18.7. The van der Waals surface area contributed by atoms with Crippen molar-refractivity contribution in [3.63, 3.8) is 0 Å². The van der Waals surface area contributed by atoms with Gasteiger partial charge in [0.15, 0.2) is 0 Å². The lowest BCUT2D eigenvalue weighted by molar-refractivity contribution is -0.250. The third-order valence-electron chi connectivity index (χ3n) is 6.17. The summed E-state index contributed by atoms with van der Waals surface area (Å²) in [6.45, 7) is 1.65. The summed E-state index contributed by atoms with van der Waals surface area (Å²) in [6, 6.07) is 0. The molecule has 0 spiro atoms. The molecule has 7 nitrogen and oxygen atoms in total. The van der Waals surface area contributed by atoms with Gasteiger partial charge >= 0.3 is 5.97 Å². The molecular formula is C23H44O7. The molecule has 1 aliphatic rings. The van der Waals surface area contributed by atoms with E-state index in [0.29, 0.717) is 19.3 Å². The smallest absolute Gasteiger partial charge is 0.370 e. The molecule has 30 heavy (non-hydrogen) atoms. The summed E-state index contributed by atoms with van der Waals surface area (Å²) in [5.74, 6) is -4.39. The van der Waals surface area contributed by atoms with Gasteiger partial charge in [-0.3, -0.25) is 0 Å². The highest BCUT2D eigenvalue weighted by Gasteiger charge is 2.56. The first kappa shape index (κ1) is 27.3. The quantitative estimate of drug-likeness (QED) is 0.121. The van der Waals surface area contributed by atoms with Crippen molar-refractivity contribution >= 4 is 5.97 Å². The van der Waals surface area contributed by atoms with Gasteiger partial charge in [-0.05, 0) is 19.3 Å². The molecule has 0 aromatic carbocycles. The molecule has 0 radical (unpaired) electrons. The zero-order chi connectivity index (χ0) is 22.5. The van der Waals surface area contributed by atoms with Gasteiger partial charge in [0.25, 0.3) is 5.79 Å². The van der Waals surface area contributed by atoms with Crippen molar-refractivity contribution in [1.29, 1.82) is 0 Å². The molecule has 7 heteroatoms. The summed E-state index contributed by atoms with van der Waals surface area (Å²) in [5, 5.41) is 48.7. The molecule has 2 atom stereocenters. The van der Waals surface area contributed by atoms with Crippen molar-refractivity contribution in [3.8, 4) is 0 Å². The summed E-state index contributed by atoms with van der Waals surface area (Å²) in [4.78, 5) is 12.0. The standard InChI is InChI=1S/C23H44O7/c1-2-3-4-5-6-7-8-9-10-11-12-13-14-15-19(25)23(28,29)21(27)30-22(16-17-22)20(26)18-24/h19-20,24-26,28-29H,2-18H2,1H3. The lowest BCUT2D eigenvalue weighted by Crippen LogP contribution is -2.53. The second-order valence-electron chi connectivity index (χ2n) is 8.93. The third kappa shape index (κ3) is 9.60. The Hall–Kier alpha value is -0.730. The maximum Gasteiger partial charge on any atom is 0.370 e. The largest absolute Gasteiger partial charge is 0.452 e. The zero-order valence-electron chi connectivity index (χ0n) is 18.7. The fourth-order valence-corrected chi connectivity index (χ4v) is 3.75. The van der Waals surface area contributed by atoms with Crippen LogP contribution >= 0.6 is 0 Å². The Balaban J connectivity index is 2.07. The molecule has 2 unspecified atom stereocenters. The second kappa shape index (κ2) is 14.4. The van der Waals surface area contributed by atoms with E-state index in [1.165, 1.54) is 57.8 Å². The Morgan fingerprint density at radius 1 is 0.867 bits per heavy atom. The lowest BCUT2D eigenvalue weighted by Gasteiger charge is -2.29. The molecule has 5 N–H and O–H groups in total. The monoisotopic (exact) mass is 432 g/mol. The number of ether oxygens (including phenoxy) is 1. The van der Waals surface area contributed by atoms with Crippen LogP contribution in [0.5, 0.6) is 0 Å². The summed E-state index contributed by atoms with van der Waals surface area (Å²) in [6.07, 6.45) is 13.1. The van der Waals surface area contributed by atoms with Gasteiger partial charge < -0.3 is 30.3 Å². The highest BCUT2D eigenvalue weighted by molar-refractivity contribution is 5.78. The van der Waals surface area contributed by atoms with E-state index in [0.717, 1.165) is 19.3 Å². The molecule has 0 saturated heterocycles. The molecule has 0 amide bonds. The van der Waals surface area contributed by atoms with Crippen molar-refractivity contribution < 1.29 is 35.1 Å². The van der Waals surface area contributed by atoms with Gasteiger partial charge in [-0.25, -0.2) is 4.79 Å². The van der Waals surface area contributed by atoms with Crippen molar-refractivity contribution in [2.45, 2.75) is 133 Å². The maximum atomic E-state index is 12.0. The Kier molecular flexibility index (Phi) is 13.1. The molecule has 1 fully saturated rings. The van der Waals surface area contributed by atoms with E-state index in [4.69, 9.17) is 9.84 Å². The van der Waals surface area contributed by atoms with Crippen LogP contribution < -0.4 is 0 Å². The summed E-state index contributed by atoms with van der Waals surface area (Å²) in [5.41, 5.74) is -1.27. The SMILES string of the molecule is CCCCCCCCCCCCCCCC(O)C(O)(O)C(=O)OC1(C(O)CO)CC1. The summed E-state index contributed by atoms with van der Waals surface area (Å²) in [7, 11) is 0. The van der Waals surface area contributed by atoms with Crippen molar-refractivity contribution in [2.75, 3.05) is 6.61 Å². The molecular weight excluding hydrogens is 388 g/mol. The van der Waals surface area contributed by atoms with E-state index in [2.05, 4.69) is 6.92 Å². The van der Waals surface area contributed by atoms with Crippen molar-refractivity contribution in [1.82, 2.24) is 0 Å². The fourth-order valence-electron chi connectivity index (χ4n) is 3.75. The predicted molar refractivity (Wildman–Crippen MR) is 115 cm³/mol. The number of carbonyl (C=O) groups excluding carboxylic acids is 1. The average Bonchev–Trinajstić information content (AvgIpc) is 3.51. The van der Waals surface area contributed by atoms with Gasteiger partial charge in [0.05, 0.1) is 6.61 Å². The molecule has 1 rings (SSSR count). The molecule has 0 aromatic heterocycles. The minimum atomic E-state index is -3.01. The van der Waals surface area contributed by atoms with Gasteiger partial charge in [-0.2, -0.15) is 0 Å². The lowest BCUT2D eigenvalue weighted by atomic mass is 10.0. The van der Waals surface area contributed by atoms with E-state index in [-0.39, 0.29) is 6.42 Å². The molecule has 178 valence electrons. The number of esters is 1. The van der Waals surface area contributed by atoms with Crippen LogP contribution in [0.25, 0.3) is 0 Å². The highest BCUT2D eigenvalue weighted by atomic mass is 16.6. The number of aliphatic hydroxyl groups excluding tert-OH is 3. The minimum Gasteiger partial charge on any atom is -0.452 e. The molecule has 0 aliphatic heterocycles. The Bertz CT molecular complexity index is 462. The summed E-state index contributed by atoms with van der Waals surface area (Å²) < 4.78 is 5.00. The van der Waals surface area contributed by atoms with Gasteiger partial charge in [0, 0.05) is 0 Å². The van der Waals surface area contributed by atoms with Crippen LogP contribution in [0.15, 0.2) is 0 Å². The first-order chi connectivity index (χ1) is 14.3. The first-order valence-corrected chi connectivity index (χ1v) is 12.0. The van der Waals surface area contributed by atoms with E-state index >= 15 is 0 Å². The van der Waals surface area contributed by atoms with Crippen LogP contribution in [0.1, 0.15) is 110 Å². The number of rotatable bonds is 19. The van der Waals surface area contributed by atoms with E-state index < -0.39 is 36.2 Å². The van der Waals surface area contributed by atoms with Gasteiger partial charge in [0.2, 0.25) is 0 Å². The van der Waals surface area contributed by atoms with E-state index in [1.807, 2.05) is 0 Å². The van der Waals surface area contributed by atoms with Gasteiger partial charge in [-0.15, -0.1) is 0 Å². The molecule has 1 saturated carbocycles. The second-order valence-corrected chi connectivity index (χ2v) is 8.93. The Labute approximate surface area is 181 Å². The van der Waals surface area contributed by atoms with Crippen LogP contribution in [0.4, 0.5) is 0 Å². The molecule has 0 aromatic rings. The van der Waals surface area contributed by atoms with E-state index in [1.54, 1.807) is 0 Å². The molecule has 0 bridgehead atoms. The Morgan fingerprint density at radius 3 is 1.70 bits per heavy atom. The first-order valence-electron chi connectivity index (χ1n) is 12.0. The predicted octanol–water partition coefficient (Wildman–Crippen LogP) is 2.94. The highest BCUT2D eigenvalue weighted by Crippen LogP contribution is 2.43. The van der Waals surface area contributed by atoms with Crippen LogP contribution in [-0.2, 0) is 9.53 Å². The Morgan fingerprint density at radius 2 is 1.30 bits per heavy atom. The minimum absolute atomic E-state index is 0.0788. The topological polar surface area (TPSA) is 127 Å². The fraction of sp³-hybridized carbons (Fsp3) is 0.957. The van der Waals surface area contributed by atoms with Crippen LogP contribution in [-0.4, -0.2) is 61.7 Å². The average molecular weight is 433 g/mol. The van der Waals surface area contributed by atoms with E-state index in [9.17, 15) is 25.2 Å². The number of hydrogen-bond acceptors (Lipinski definition) is 7. The number of hydrogen-bond donors (Lipinski definition) is 5. The number of carbonyl (C=O) groups is 1. The van der Waals surface area contributed by atoms with Gasteiger partial charge in [-0.1, -0.05) is 90.4 Å². The van der Waals surface area contributed by atoms with Crippen LogP contribution in [0.2, 0.25) is 0 Å². The molecule has 0 heterocycles. The van der Waals surface area contributed by atoms with Crippen molar-refractivity contribution in [2.24, 2.45) is 0 Å². The number of aliphatic hydroxyl groups is 5. The molecule has 1 aliphatic carbocycles. The normalized spacial score (nSPS) is 17.5. The van der Waals surface area contributed by atoms with Gasteiger partial charge in [0.1, 0.15) is 17.8 Å². The number of unbranched alkanes of at least 4 members (excludes halogenated alkanes) is 12. The maximum absolute atomic E-state index is 12.0.